The van der Waals surface area contributed by atoms with Crippen molar-refractivity contribution in [3.05, 3.63) is 44.6 Å². The maximum Gasteiger partial charge on any atom is 0.341 e. The number of carbonyl (C=O) groups excluding carboxylic acids is 3. The molecule has 0 bridgehead atoms. The third kappa shape index (κ3) is 5.60. The number of anilines is 1. The predicted octanol–water partition coefficient (Wildman–Crippen LogP) is 3.24. The number of aryl methyl sites for hydroxylation is 3. The van der Waals surface area contributed by atoms with Crippen molar-refractivity contribution < 1.29 is 27.5 Å². The number of benzene rings is 1. The number of thiazole rings is 1. The molecule has 192 valence electrons. The van der Waals surface area contributed by atoms with Crippen molar-refractivity contribution in [1.29, 1.82) is 0 Å². The maximum absolute atomic E-state index is 12.6. The third-order valence-corrected chi connectivity index (χ3v) is 9.52. The van der Waals surface area contributed by atoms with Crippen LogP contribution in [0.1, 0.15) is 46.1 Å². The Hall–Kier alpha value is -2.83. The second-order valence-corrected chi connectivity index (χ2v) is 12.8. The van der Waals surface area contributed by atoms with E-state index in [1.54, 1.807) is 0 Å². The molecule has 0 saturated carbocycles. The van der Waals surface area contributed by atoms with E-state index in [1.807, 2.05) is 36.6 Å². The van der Waals surface area contributed by atoms with Crippen LogP contribution in [-0.4, -0.2) is 49.4 Å². The highest BCUT2D eigenvalue weighted by Crippen LogP contribution is 2.38. The first-order valence-corrected chi connectivity index (χ1v) is 15.0. The number of sulfone groups is 1. The Morgan fingerprint density at radius 1 is 1.14 bits per heavy atom. The Bertz CT molecular complexity index is 1530. The minimum Gasteiger partial charge on any atom is -0.465 e. The first kappa shape index (κ1) is 26.2. The van der Waals surface area contributed by atoms with Crippen LogP contribution in [0.15, 0.2) is 23.2 Å². The number of ether oxygens (including phenoxy) is 1. The zero-order valence-corrected chi connectivity index (χ0v) is 22.7. The molecule has 4 rings (SSSR count). The Kier molecular flexibility index (Phi) is 7.76. The number of hydrogen-bond acceptors (Lipinski definition) is 8. The van der Waals surface area contributed by atoms with Gasteiger partial charge in [-0.15, -0.1) is 11.3 Å². The lowest BCUT2D eigenvalue weighted by Crippen LogP contribution is -2.28. The van der Waals surface area contributed by atoms with E-state index in [4.69, 9.17) is 4.74 Å². The fourth-order valence-electron chi connectivity index (χ4n) is 4.28. The van der Waals surface area contributed by atoms with Crippen molar-refractivity contribution in [1.82, 2.24) is 4.57 Å². The van der Waals surface area contributed by atoms with Crippen LogP contribution >= 0.6 is 22.7 Å². The van der Waals surface area contributed by atoms with Gasteiger partial charge in [0.05, 0.1) is 22.9 Å². The van der Waals surface area contributed by atoms with Crippen LogP contribution in [0.2, 0.25) is 0 Å². The zero-order valence-electron chi connectivity index (χ0n) is 20.3. The largest absolute Gasteiger partial charge is 0.465 e. The number of thiophene rings is 1. The fourth-order valence-corrected chi connectivity index (χ4v) is 7.80. The normalized spacial score (nSPS) is 14.0. The molecule has 1 N–H and O–H groups in total. The van der Waals surface area contributed by atoms with E-state index >= 15 is 0 Å². The SMILES string of the molecule is CCn1c(=NC(=O)CS(=O)(=O)CC(=O)Nc2sc3c(c2C(=O)OC)CCCC3)sc2cc(C)ccc21. The average Bonchev–Trinajstić information content (AvgIpc) is 3.33. The van der Waals surface area contributed by atoms with Gasteiger partial charge in [0.1, 0.15) is 16.5 Å². The van der Waals surface area contributed by atoms with Crippen molar-refractivity contribution in [2.24, 2.45) is 4.99 Å². The van der Waals surface area contributed by atoms with E-state index in [9.17, 15) is 22.8 Å². The molecule has 0 unspecified atom stereocenters. The van der Waals surface area contributed by atoms with Gasteiger partial charge >= 0.3 is 5.97 Å². The van der Waals surface area contributed by atoms with E-state index in [-0.39, 0.29) is 10.6 Å². The minimum absolute atomic E-state index is 0.287. The Labute approximate surface area is 216 Å². The van der Waals surface area contributed by atoms with Gasteiger partial charge in [0.2, 0.25) is 5.91 Å². The summed E-state index contributed by atoms with van der Waals surface area (Å²) < 4.78 is 33.0. The lowest BCUT2D eigenvalue weighted by molar-refractivity contribution is -0.115. The highest BCUT2D eigenvalue weighted by molar-refractivity contribution is 7.92. The number of rotatable bonds is 7. The summed E-state index contributed by atoms with van der Waals surface area (Å²) >= 11 is 2.58. The number of carbonyl (C=O) groups is 3. The summed E-state index contributed by atoms with van der Waals surface area (Å²) in [6, 6.07) is 5.90. The molecule has 0 atom stereocenters. The van der Waals surface area contributed by atoms with Crippen LogP contribution < -0.4 is 10.1 Å². The van der Waals surface area contributed by atoms with Crippen LogP contribution in [-0.2, 0) is 43.5 Å². The van der Waals surface area contributed by atoms with Gasteiger partial charge in [-0.25, -0.2) is 13.2 Å². The Morgan fingerprint density at radius 3 is 2.61 bits per heavy atom. The summed E-state index contributed by atoms with van der Waals surface area (Å²) in [5.74, 6) is -3.99. The first-order valence-electron chi connectivity index (χ1n) is 11.5. The number of hydrogen-bond donors (Lipinski definition) is 1. The standard InChI is InChI=1S/C24H27N3O6S3/c1-4-27-16-10-9-14(2)11-18(16)35-24(27)26-20(29)13-36(31,32)12-19(28)25-22-21(23(30)33-3)15-7-5-6-8-17(15)34-22/h9-11H,4-8,12-13H2,1-3H3,(H,25,28). The summed E-state index contributed by atoms with van der Waals surface area (Å²) in [5.41, 5.74) is 3.13. The summed E-state index contributed by atoms with van der Waals surface area (Å²) in [5, 5.41) is 2.85. The van der Waals surface area contributed by atoms with Crippen LogP contribution in [0.5, 0.6) is 0 Å². The van der Waals surface area contributed by atoms with Crippen molar-refractivity contribution in [3.8, 4) is 0 Å². The molecule has 2 aromatic heterocycles. The van der Waals surface area contributed by atoms with E-state index in [2.05, 4.69) is 10.3 Å². The van der Waals surface area contributed by atoms with Crippen LogP contribution in [0.3, 0.4) is 0 Å². The molecule has 0 aliphatic heterocycles. The minimum atomic E-state index is -4.09. The average molecular weight is 550 g/mol. The fraction of sp³-hybridized carbons (Fsp3) is 0.417. The number of methoxy groups -OCH3 is 1. The number of esters is 1. The number of amides is 2. The monoisotopic (exact) mass is 549 g/mol. The number of nitrogens with one attached hydrogen (secondary N) is 1. The van der Waals surface area contributed by atoms with E-state index in [0.717, 1.165) is 45.5 Å². The number of nitrogens with zero attached hydrogens (tertiary/aromatic N) is 2. The van der Waals surface area contributed by atoms with Gasteiger partial charge in [0, 0.05) is 11.4 Å². The van der Waals surface area contributed by atoms with Gasteiger partial charge in [-0.2, -0.15) is 4.99 Å². The van der Waals surface area contributed by atoms with Crippen LogP contribution in [0, 0.1) is 6.92 Å². The molecule has 1 aromatic carbocycles. The van der Waals surface area contributed by atoms with Gasteiger partial charge in [-0.1, -0.05) is 17.4 Å². The van der Waals surface area contributed by atoms with E-state index in [0.29, 0.717) is 17.8 Å². The van der Waals surface area contributed by atoms with Crippen molar-refractivity contribution in [2.45, 2.75) is 46.1 Å². The molecule has 0 saturated heterocycles. The predicted molar refractivity (Wildman–Crippen MR) is 140 cm³/mol. The second kappa shape index (κ2) is 10.7. The van der Waals surface area contributed by atoms with E-state index in [1.165, 1.54) is 29.8 Å². The summed E-state index contributed by atoms with van der Waals surface area (Å²) in [6.07, 6.45) is 3.41. The molecule has 1 aliphatic rings. The maximum atomic E-state index is 12.6. The topological polar surface area (TPSA) is 124 Å². The van der Waals surface area contributed by atoms with Gasteiger partial charge in [0.15, 0.2) is 14.6 Å². The Morgan fingerprint density at radius 2 is 1.89 bits per heavy atom. The van der Waals surface area contributed by atoms with Gasteiger partial charge in [0.25, 0.3) is 5.91 Å². The van der Waals surface area contributed by atoms with Gasteiger partial charge in [-0.05, 0) is 62.8 Å². The molecule has 0 radical (unpaired) electrons. The van der Waals surface area contributed by atoms with E-state index < -0.39 is 39.1 Å². The molecular weight excluding hydrogens is 522 g/mol. The number of aromatic nitrogens is 1. The third-order valence-electron chi connectivity index (χ3n) is 5.88. The first-order chi connectivity index (χ1) is 17.1. The van der Waals surface area contributed by atoms with Gasteiger partial charge < -0.3 is 14.6 Å². The molecule has 3 aromatic rings. The van der Waals surface area contributed by atoms with Crippen LogP contribution in [0.4, 0.5) is 5.00 Å². The zero-order chi connectivity index (χ0) is 26.0. The summed E-state index contributed by atoms with van der Waals surface area (Å²) in [4.78, 5) is 43.0. The van der Waals surface area contributed by atoms with Crippen molar-refractivity contribution in [2.75, 3.05) is 23.9 Å². The lowest BCUT2D eigenvalue weighted by atomic mass is 9.95. The summed E-state index contributed by atoms with van der Waals surface area (Å²) in [6.45, 7) is 4.45. The van der Waals surface area contributed by atoms with Gasteiger partial charge in [-0.3, -0.25) is 9.59 Å². The van der Waals surface area contributed by atoms with Crippen molar-refractivity contribution in [3.63, 3.8) is 0 Å². The number of fused-ring (bicyclic) bond motifs is 2. The smallest absolute Gasteiger partial charge is 0.341 e. The molecule has 9 nitrogen and oxygen atoms in total. The van der Waals surface area contributed by atoms with Crippen LogP contribution in [0.25, 0.3) is 10.2 Å². The molecule has 36 heavy (non-hydrogen) atoms. The highest BCUT2D eigenvalue weighted by Gasteiger charge is 2.28. The molecule has 2 heterocycles. The highest BCUT2D eigenvalue weighted by atomic mass is 32.2. The quantitative estimate of drug-likeness (QED) is 0.451. The lowest BCUT2D eigenvalue weighted by Gasteiger charge is -2.11. The molecular formula is C24H27N3O6S3. The van der Waals surface area contributed by atoms with Crippen molar-refractivity contribution >= 4 is 65.5 Å². The molecule has 2 amide bonds. The molecule has 0 fully saturated rings. The Balaban J connectivity index is 1.50. The molecule has 12 heteroatoms. The molecule has 1 aliphatic carbocycles. The summed E-state index contributed by atoms with van der Waals surface area (Å²) in [7, 11) is -2.82. The molecule has 0 spiro atoms. The second-order valence-electron chi connectivity index (χ2n) is 8.59.